The number of aryl methyl sites for hydroxylation is 1. The Morgan fingerprint density at radius 1 is 1.46 bits per heavy atom. The van der Waals surface area contributed by atoms with Gasteiger partial charge >= 0.3 is 0 Å². The predicted octanol–water partition coefficient (Wildman–Crippen LogP) is 2.94. The second-order valence-corrected chi connectivity index (χ2v) is 7.02. The number of pyridine rings is 1. The fourth-order valence-corrected chi connectivity index (χ4v) is 3.69. The van der Waals surface area contributed by atoms with Crippen molar-refractivity contribution in [2.45, 2.75) is 45.1 Å². The third-order valence-corrected chi connectivity index (χ3v) is 5.30. The van der Waals surface area contributed by atoms with Crippen LogP contribution in [0, 0.1) is 23.7 Å². The number of rotatable bonds is 6. The summed E-state index contributed by atoms with van der Waals surface area (Å²) in [4.78, 5) is 6.74. The highest BCUT2D eigenvalue weighted by molar-refractivity contribution is 5.25. The summed E-state index contributed by atoms with van der Waals surface area (Å²) in [5.41, 5.74) is 0.798. The lowest BCUT2D eigenvalue weighted by atomic mass is 9.78. The molecule has 1 aromatic heterocycles. The monoisotopic (exact) mass is 329 g/mol. The molecule has 0 aromatic carbocycles. The maximum absolute atomic E-state index is 9.52. The van der Waals surface area contributed by atoms with Crippen molar-refractivity contribution in [1.29, 1.82) is 5.26 Å². The van der Waals surface area contributed by atoms with Gasteiger partial charge < -0.3 is 9.47 Å². The van der Waals surface area contributed by atoms with E-state index in [2.05, 4.69) is 16.0 Å². The minimum atomic E-state index is -0.152. The van der Waals surface area contributed by atoms with Crippen LogP contribution in [0.25, 0.3) is 0 Å². The van der Waals surface area contributed by atoms with E-state index in [0.717, 1.165) is 76.4 Å². The Hall–Kier alpha value is -1.64. The fourth-order valence-electron chi connectivity index (χ4n) is 3.69. The van der Waals surface area contributed by atoms with E-state index in [1.807, 2.05) is 19.1 Å². The first-order chi connectivity index (χ1) is 11.7. The summed E-state index contributed by atoms with van der Waals surface area (Å²) in [6, 6.07) is 6.47. The first-order valence-corrected chi connectivity index (χ1v) is 9.00. The van der Waals surface area contributed by atoms with Gasteiger partial charge in [0.1, 0.15) is 11.9 Å². The molecule has 130 valence electrons. The number of hydrogen-bond donors (Lipinski definition) is 0. The van der Waals surface area contributed by atoms with Crippen LogP contribution >= 0.6 is 0 Å². The van der Waals surface area contributed by atoms with E-state index in [1.54, 1.807) is 6.20 Å². The zero-order chi connectivity index (χ0) is 16.8. The molecule has 5 heteroatoms. The molecule has 2 fully saturated rings. The van der Waals surface area contributed by atoms with Crippen LogP contribution < -0.4 is 4.74 Å². The topological polar surface area (TPSA) is 58.4 Å². The van der Waals surface area contributed by atoms with Crippen LogP contribution in [0.5, 0.6) is 5.75 Å². The minimum Gasteiger partial charge on any atom is -0.487 e. The van der Waals surface area contributed by atoms with Gasteiger partial charge in [-0.2, -0.15) is 5.26 Å². The molecule has 24 heavy (non-hydrogen) atoms. The average molecular weight is 329 g/mol. The fraction of sp³-hybridized carbons (Fsp3) is 0.684. The van der Waals surface area contributed by atoms with E-state index in [4.69, 9.17) is 9.47 Å². The molecule has 0 bridgehead atoms. The highest BCUT2D eigenvalue weighted by atomic mass is 16.5. The van der Waals surface area contributed by atoms with Gasteiger partial charge in [0.15, 0.2) is 0 Å². The SMILES string of the molecule is Cc1ncccc1OC1CCN(CCCC2(C#N)CCOCC2)C1. The Morgan fingerprint density at radius 2 is 2.29 bits per heavy atom. The van der Waals surface area contributed by atoms with Crippen LogP contribution in [-0.2, 0) is 4.74 Å². The number of aromatic nitrogens is 1. The molecule has 1 unspecified atom stereocenters. The average Bonchev–Trinajstić information content (AvgIpc) is 3.05. The molecule has 2 saturated heterocycles. The van der Waals surface area contributed by atoms with Gasteiger partial charge in [-0.3, -0.25) is 9.88 Å². The second-order valence-electron chi connectivity index (χ2n) is 7.02. The van der Waals surface area contributed by atoms with Crippen LogP contribution in [0.15, 0.2) is 18.3 Å². The van der Waals surface area contributed by atoms with Gasteiger partial charge in [0.05, 0.1) is 17.2 Å². The second kappa shape index (κ2) is 7.96. The maximum Gasteiger partial charge on any atom is 0.140 e. The summed E-state index contributed by atoms with van der Waals surface area (Å²) in [6.45, 7) is 6.55. The number of ether oxygens (including phenoxy) is 2. The molecule has 1 aromatic rings. The predicted molar refractivity (Wildman–Crippen MR) is 91.8 cm³/mol. The molecule has 0 amide bonds. The third kappa shape index (κ3) is 4.25. The molecule has 3 heterocycles. The highest BCUT2D eigenvalue weighted by Crippen LogP contribution is 2.34. The molecule has 0 spiro atoms. The summed E-state index contributed by atoms with van der Waals surface area (Å²) < 4.78 is 11.5. The van der Waals surface area contributed by atoms with E-state index >= 15 is 0 Å². The van der Waals surface area contributed by atoms with Crippen LogP contribution in [0.2, 0.25) is 0 Å². The maximum atomic E-state index is 9.52. The molecule has 0 radical (unpaired) electrons. The van der Waals surface area contributed by atoms with Crippen LogP contribution in [0.1, 0.15) is 37.8 Å². The van der Waals surface area contributed by atoms with Crippen molar-refractivity contribution >= 4 is 0 Å². The molecular formula is C19H27N3O2. The zero-order valence-corrected chi connectivity index (χ0v) is 14.5. The molecule has 1 atom stereocenters. The summed E-state index contributed by atoms with van der Waals surface area (Å²) >= 11 is 0. The Kier molecular flexibility index (Phi) is 5.70. The van der Waals surface area contributed by atoms with Crippen molar-refractivity contribution in [2.24, 2.45) is 5.41 Å². The molecule has 2 aliphatic rings. The van der Waals surface area contributed by atoms with E-state index in [1.165, 1.54) is 0 Å². The van der Waals surface area contributed by atoms with E-state index < -0.39 is 0 Å². The van der Waals surface area contributed by atoms with Gasteiger partial charge in [0.2, 0.25) is 0 Å². The van der Waals surface area contributed by atoms with Crippen molar-refractivity contribution in [3.05, 3.63) is 24.0 Å². The summed E-state index contributed by atoms with van der Waals surface area (Å²) in [6.07, 6.45) is 6.94. The largest absolute Gasteiger partial charge is 0.487 e. The Balaban J connectivity index is 1.42. The number of nitriles is 1. The number of hydrogen-bond acceptors (Lipinski definition) is 5. The van der Waals surface area contributed by atoms with E-state index in [9.17, 15) is 5.26 Å². The first-order valence-electron chi connectivity index (χ1n) is 9.00. The Morgan fingerprint density at radius 3 is 3.04 bits per heavy atom. The standard InChI is InChI=1S/C19H27N3O2/c1-16-18(4-2-9-21-16)24-17-5-11-22(14-17)10-3-6-19(15-20)7-12-23-13-8-19/h2,4,9,17H,3,5-8,10-14H2,1H3. The first kappa shape index (κ1) is 17.2. The minimum absolute atomic E-state index is 0.152. The lowest BCUT2D eigenvalue weighted by Crippen LogP contribution is -2.30. The van der Waals surface area contributed by atoms with Gasteiger partial charge in [-0.25, -0.2) is 0 Å². The van der Waals surface area contributed by atoms with Gasteiger partial charge in [0.25, 0.3) is 0 Å². The van der Waals surface area contributed by atoms with Crippen molar-refractivity contribution in [1.82, 2.24) is 9.88 Å². The lowest BCUT2D eigenvalue weighted by molar-refractivity contribution is 0.0351. The normalized spacial score (nSPS) is 23.8. The van der Waals surface area contributed by atoms with E-state index in [0.29, 0.717) is 0 Å². The van der Waals surface area contributed by atoms with Gasteiger partial charge in [-0.15, -0.1) is 0 Å². The van der Waals surface area contributed by atoms with Crippen molar-refractivity contribution in [3.8, 4) is 11.8 Å². The molecule has 2 aliphatic heterocycles. The van der Waals surface area contributed by atoms with Crippen molar-refractivity contribution < 1.29 is 9.47 Å². The highest BCUT2D eigenvalue weighted by Gasteiger charge is 2.32. The number of nitrogens with zero attached hydrogens (tertiary/aromatic N) is 3. The molecule has 0 saturated carbocycles. The smallest absolute Gasteiger partial charge is 0.140 e. The molecule has 3 rings (SSSR count). The zero-order valence-electron chi connectivity index (χ0n) is 14.5. The van der Waals surface area contributed by atoms with Gasteiger partial charge in [0, 0.05) is 32.5 Å². The molecule has 0 N–H and O–H groups in total. The molecule has 0 aliphatic carbocycles. The van der Waals surface area contributed by atoms with Crippen LogP contribution in [-0.4, -0.2) is 48.8 Å². The molecule has 5 nitrogen and oxygen atoms in total. The number of likely N-dealkylation sites (tertiary alicyclic amines) is 1. The van der Waals surface area contributed by atoms with Gasteiger partial charge in [-0.05, 0) is 57.7 Å². The van der Waals surface area contributed by atoms with Gasteiger partial charge in [-0.1, -0.05) is 0 Å². The summed E-state index contributed by atoms with van der Waals surface area (Å²) in [5, 5.41) is 9.52. The summed E-state index contributed by atoms with van der Waals surface area (Å²) in [7, 11) is 0. The quantitative estimate of drug-likeness (QED) is 0.803. The Labute approximate surface area is 144 Å². The summed E-state index contributed by atoms with van der Waals surface area (Å²) in [5.74, 6) is 0.898. The molecular weight excluding hydrogens is 302 g/mol. The van der Waals surface area contributed by atoms with Crippen LogP contribution in [0.3, 0.4) is 0 Å². The van der Waals surface area contributed by atoms with Crippen LogP contribution in [0.4, 0.5) is 0 Å². The lowest BCUT2D eigenvalue weighted by Gasteiger charge is -2.31. The third-order valence-electron chi connectivity index (χ3n) is 5.30. The van der Waals surface area contributed by atoms with Crippen molar-refractivity contribution in [3.63, 3.8) is 0 Å². The van der Waals surface area contributed by atoms with E-state index in [-0.39, 0.29) is 11.5 Å². The van der Waals surface area contributed by atoms with Crippen molar-refractivity contribution in [2.75, 3.05) is 32.8 Å². The Bertz CT molecular complexity index is 578.